The Hall–Kier alpha value is -3.69. The lowest BCUT2D eigenvalue weighted by molar-refractivity contribution is 0.341. The largest absolute Gasteiger partial charge is 0.493 e. The van der Waals surface area contributed by atoms with Crippen molar-refractivity contribution < 1.29 is 9.26 Å². The smallest absolute Gasteiger partial charge is 0.237 e. The van der Waals surface area contributed by atoms with Crippen LogP contribution in [-0.4, -0.2) is 36.5 Å². The second-order valence-corrected chi connectivity index (χ2v) is 8.46. The van der Waals surface area contributed by atoms with E-state index < -0.39 is 0 Å². The number of benzene rings is 2. The highest BCUT2D eigenvalue weighted by molar-refractivity contribution is 7.98. The Balaban J connectivity index is 1.43. The van der Waals surface area contributed by atoms with Gasteiger partial charge in [-0.15, -0.1) is 10.2 Å². The van der Waals surface area contributed by atoms with Crippen molar-refractivity contribution in [3.63, 3.8) is 0 Å². The molecule has 0 aliphatic carbocycles. The van der Waals surface area contributed by atoms with E-state index in [0.29, 0.717) is 40.1 Å². The van der Waals surface area contributed by atoms with Gasteiger partial charge in [0.05, 0.1) is 17.9 Å². The number of para-hydroxylation sites is 1. The van der Waals surface area contributed by atoms with Crippen molar-refractivity contribution in [3.05, 3.63) is 84.0 Å². The summed E-state index contributed by atoms with van der Waals surface area (Å²) in [6.45, 7) is 2.49. The molecule has 3 heterocycles. The SMILES string of the molecule is CCOc1ccccc1-c1noc(CSc2nnc(-c3ccncc3)n2-c2ccc(Cl)cc2)n1. The monoisotopic (exact) mass is 490 g/mol. The first-order chi connectivity index (χ1) is 16.7. The Bertz CT molecular complexity index is 1390. The average Bonchev–Trinajstić information content (AvgIpc) is 3.52. The number of nitrogens with zero attached hydrogens (tertiary/aromatic N) is 6. The summed E-state index contributed by atoms with van der Waals surface area (Å²) in [7, 11) is 0. The van der Waals surface area contributed by atoms with Gasteiger partial charge >= 0.3 is 0 Å². The molecule has 5 rings (SSSR count). The van der Waals surface area contributed by atoms with Crippen LogP contribution in [0.5, 0.6) is 5.75 Å². The number of halogens is 1. The second-order valence-electron chi connectivity index (χ2n) is 7.08. The zero-order valence-electron chi connectivity index (χ0n) is 18.1. The van der Waals surface area contributed by atoms with Gasteiger partial charge in [-0.1, -0.05) is 40.7 Å². The molecule has 0 spiro atoms. The Morgan fingerprint density at radius 1 is 1.00 bits per heavy atom. The van der Waals surface area contributed by atoms with Crippen molar-refractivity contribution in [2.75, 3.05) is 6.61 Å². The number of rotatable bonds is 8. The van der Waals surface area contributed by atoms with Gasteiger partial charge in [-0.3, -0.25) is 9.55 Å². The molecule has 0 amide bonds. The molecule has 0 bridgehead atoms. The Kier molecular flexibility index (Phi) is 6.55. The summed E-state index contributed by atoms with van der Waals surface area (Å²) < 4.78 is 13.2. The van der Waals surface area contributed by atoms with E-state index in [1.807, 2.05) is 72.2 Å². The van der Waals surface area contributed by atoms with E-state index in [4.69, 9.17) is 20.9 Å². The van der Waals surface area contributed by atoms with Crippen LogP contribution in [0.25, 0.3) is 28.5 Å². The number of ether oxygens (including phenoxy) is 1. The Labute approximate surface area is 205 Å². The van der Waals surface area contributed by atoms with Gasteiger partial charge in [0, 0.05) is 28.7 Å². The first-order valence-corrected chi connectivity index (χ1v) is 11.9. The van der Waals surface area contributed by atoms with Crippen LogP contribution in [0.3, 0.4) is 0 Å². The third-order valence-corrected chi connectivity index (χ3v) is 6.04. The van der Waals surface area contributed by atoms with Gasteiger partial charge in [0.25, 0.3) is 0 Å². The van der Waals surface area contributed by atoms with E-state index in [9.17, 15) is 0 Å². The fraction of sp³-hybridized carbons (Fsp3) is 0.125. The molecular weight excluding hydrogens is 472 g/mol. The number of pyridine rings is 1. The van der Waals surface area contributed by atoms with Crippen LogP contribution in [0, 0.1) is 0 Å². The summed E-state index contributed by atoms with van der Waals surface area (Å²) in [5.74, 6) is 2.79. The predicted octanol–water partition coefficient (Wildman–Crippen LogP) is 5.72. The van der Waals surface area contributed by atoms with Crippen molar-refractivity contribution >= 4 is 23.4 Å². The highest BCUT2D eigenvalue weighted by Gasteiger charge is 2.18. The van der Waals surface area contributed by atoms with E-state index in [1.165, 1.54) is 11.8 Å². The van der Waals surface area contributed by atoms with Gasteiger partial charge in [0.1, 0.15) is 5.75 Å². The van der Waals surface area contributed by atoms with Gasteiger partial charge in [-0.2, -0.15) is 4.98 Å². The molecular formula is C24H19ClN6O2S. The highest BCUT2D eigenvalue weighted by Crippen LogP contribution is 2.31. The van der Waals surface area contributed by atoms with Crippen LogP contribution < -0.4 is 4.74 Å². The molecule has 3 aromatic heterocycles. The maximum absolute atomic E-state index is 6.10. The van der Waals surface area contributed by atoms with Crippen LogP contribution in [-0.2, 0) is 5.75 Å². The molecule has 0 saturated carbocycles. The van der Waals surface area contributed by atoms with Crippen molar-refractivity contribution in [3.8, 4) is 34.2 Å². The van der Waals surface area contributed by atoms with Gasteiger partial charge in [0.15, 0.2) is 11.0 Å². The molecule has 0 atom stereocenters. The lowest BCUT2D eigenvalue weighted by Gasteiger charge is -2.10. The zero-order chi connectivity index (χ0) is 23.3. The maximum atomic E-state index is 6.10. The van der Waals surface area contributed by atoms with Gasteiger partial charge in [-0.05, 0) is 55.5 Å². The number of aromatic nitrogens is 6. The third kappa shape index (κ3) is 4.66. The number of thioether (sulfide) groups is 1. The lowest BCUT2D eigenvalue weighted by Crippen LogP contribution is -2.00. The van der Waals surface area contributed by atoms with Gasteiger partial charge in [0.2, 0.25) is 11.7 Å². The molecule has 0 N–H and O–H groups in total. The van der Waals surface area contributed by atoms with E-state index in [0.717, 1.165) is 22.6 Å². The van der Waals surface area contributed by atoms with Crippen molar-refractivity contribution in [2.45, 2.75) is 17.8 Å². The zero-order valence-corrected chi connectivity index (χ0v) is 19.7. The molecule has 5 aromatic rings. The molecule has 8 nitrogen and oxygen atoms in total. The molecule has 10 heteroatoms. The molecule has 0 aliphatic heterocycles. The third-order valence-electron chi connectivity index (χ3n) is 4.88. The molecule has 2 aromatic carbocycles. The average molecular weight is 491 g/mol. The quantitative estimate of drug-likeness (QED) is 0.255. The molecule has 34 heavy (non-hydrogen) atoms. The number of hydrogen-bond acceptors (Lipinski definition) is 8. The fourth-order valence-electron chi connectivity index (χ4n) is 3.36. The van der Waals surface area contributed by atoms with Crippen molar-refractivity contribution in [1.82, 2.24) is 29.9 Å². The standard InChI is InChI=1S/C24H19ClN6O2S/c1-2-32-20-6-4-3-5-19(20)22-27-21(33-30-22)15-34-24-29-28-23(16-11-13-26-14-12-16)31(24)18-9-7-17(25)8-10-18/h3-14H,2,15H2,1H3. The van der Waals surface area contributed by atoms with E-state index in [-0.39, 0.29) is 0 Å². The minimum atomic E-state index is 0.422. The first kappa shape index (κ1) is 22.1. The Morgan fingerprint density at radius 2 is 1.79 bits per heavy atom. The second kappa shape index (κ2) is 10.1. The normalized spacial score (nSPS) is 11.0. The summed E-state index contributed by atoms with van der Waals surface area (Å²) in [6.07, 6.45) is 3.45. The van der Waals surface area contributed by atoms with Crippen LogP contribution in [0.15, 0.2) is 82.7 Å². The van der Waals surface area contributed by atoms with Crippen molar-refractivity contribution in [2.24, 2.45) is 0 Å². The summed E-state index contributed by atoms with van der Waals surface area (Å²) in [4.78, 5) is 8.65. The summed E-state index contributed by atoms with van der Waals surface area (Å²) in [5, 5.41) is 14.3. The topological polar surface area (TPSA) is 91.8 Å². The van der Waals surface area contributed by atoms with Crippen LogP contribution >= 0.6 is 23.4 Å². The maximum Gasteiger partial charge on any atom is 0.237 e. The van der Waals surface area contributed by atoms with Crippen LogP contribution in [0.1, 0.15) is 12.8 Å². The molecule has 0 fully saturated rings. The number of hydrogen-bond donors (Lipinski definition) is 0. The predicted molar refractivity (Wildman–Crippen MR) is 130 cm³/mol. The first-order valence-electron chi connectivity index (χ1n) is 10.5. The Morgan fingerprint density at radius 3 is 2.59 bits per heavy atom. The summed E-state index contributed by atoms with van der Waals surface area (Å²) in [5.41, 5.74) is 2.58. The summed E-state index contributed by atoms with van der Waals surface area (Å²) in [6, 6.07) is 18.9. The molecule has 0 radical (unpaired) electrons. The molecule has 170 valence electrons. The van der Waals surface area contributed by atoms with E-state index >= 15 is 0 Å². The molecule has 0 unspecified atom stereocenters. The minimum absolute atomic E-state index is 0.422. The van der Waals surface area contributed by atoms with E-state index in [1.54, 1.807) is 12.4 Å². The lowest BCUT2D eigenvalue weighted by atomic mass is 10.2. The van der Waals surface area contributed by atoms with Crippen LogP contribution in [0.2, 0.25) is 5.02 Å². The van der Waals surface area contributed by atoms with Gasteiger partial charge in [-0.25, -0.2) is 0 Å². The molecule has 0 aliphatic rings. The van der Waals surface area contributed by atoms with E-state index in [2.05, 4.69) is 25.3 Å². The van der Waals surface area contributed by atoms with Crippen LogP contribution in [0.4, 0.5) is 0 Å². The highest BCUT2D eigenvalue weighted by atomic mass is 35.5. The summed E-state index contributed by atoms with van der Waals surface area (Å²) >= 11 is 7.55. The van der Waals surface area contributed by atoms with Gasteiger partial charge < -0.3 is 9.26 Å². The fourth-order valence-corrected chi connectivity index (χ4v) is 4.27. The minimum Gasteiger partial charge on any atom is -0.493 e. The van der Waals surface area contributed by atoms with Crippen molar-refractivity contribution in [1.29, 1.82) is 0 Å². The molecule has 0 saturated heterocycles.